The molecule has 1 spiro atoms. The fourth-order valence-corrected chi connectivity index (χ4v) is 4.43. The first-order valence-corrected chi connectivity index (χ1v) is 9.24. The molecule has 0 aliphatic carbocycles. The van der Waals surface area contributed by atoms with Crippen LogP contribution in [0, 0.1) is 5.41 Å². The molecule has 1 N–H and O–H groups in total. The van der Waals surface area contributed by atoms with E-state index in [0.717, 1.165) is 5.03 Å². The summed E-state index contributed by atoms with van der Waals surface area (Å²) in [6, 6.07) is 5.64. The third-order valence-electron chi connectivity index (χ3n) is 4.97. The quantitative estimate of drug-likeness (QED) is 0.825. The first-order chi connectivity index (χ1) is 11.5. The summed E-state index contributed by atoms with van der Waals surface area (Å²) in [6.07, 6.45) is 3.03. The number of rotatable bonds is 3. The van der Waals surface area contributed by atoms with Gasteiger partial charge in [-0.2, -0.15) is 0 Å². The topological polar surface area (TPSA) is 73.7 Å². The van der Waals surface area contributed by atoms with E-state index in [2.05, 4.69) is 4.98 Å². The van der Waals surface area contributed by atoms with Crippen molar-refractivity contribution in [1.82, 2.24) is 14.8 Å². The SMILES string of the molecule is CN1CC(O)CC2(CCN(C(=O)CSc3ccccn3)CC2)C1=O. The maximum atomic E-state index is 12.5. The molecule has 2 saturated heterocycles. The number of likely N-dealkylation sites (tertiary alicyclic amines) is 2. The number of aliphatic hydroxyl groups is 1. The fourth-order valence-electron chi connectivity index (χ4n) is 3.67. The molecule has 2 fully saturated rings. The molecule has 1 aromatic heterocycles. The van der Waals surface area contributed by atoms with Gasteiger partial charge in [-0.25, -0.2) is 4.98 Å². The number of nitrogens with zero attached hydrogens (tertiary/aromatic N) is 3. The number of β-amino-alcohol motifs (C(OH)–C–C–N with tert-alkyl or cyclic N) is 1. The molecule has 130 valence electrons. The van der Waals surface area contributed by atoms with Crippen LogP contribution in [0.2, 0.25) is 0 Å². The van der Waals surface area contributed by atoms with E-state index < -0.39 is 11.5 Å². The van der Waals surface area contributed by atoms with Crippen molar-refractivity contribution in [3.05, 3.63) is 24.4 Å². The Morgan fingerprint density at radius 1 is 1.42 bits per heavy atom. The summed E-state index contributed by atoms with van der Waals surface area (Å²) in [7, 11) is 1.74. The summed E-state index contributed by atoms with van der Waals surface area (Å²) in [5.41, 5.74) is -0.489. The van der Waals surface area contributed by atoms with Crippen LogP contribution in [-0.4, -0.2) is 70.2 Å². The van der Waals surface area contributed by atoms with Gasteiger partial charge in [0.05, 0.1) is 22.3 Å². The van der Waals surface area contributed by atoms with Crippen LogP contribution in [0.5, 0.6) is 0 Å². The second-order valence-electron chi connectivity index (χ2n) is 6.66. The molecule has 0 radical (unpaired) electrons. The summed E-state index contributed by atoms with van der Waals surface area (Å²) in [6.45, 7) is 1.56. The monoisotopic (exact) mass is 349 g/mol. The number of aromatic nitrogens is 1. The lowest BCUT2D eigenvalue weighted by molar-refractivity contribution is -0.156. The summed E-state index contributed by atoms with van der Waals surface area (Å²) >= 11 is 1.43. The standard InChI is InChI=1S/C17H23N3O3S/c1-19-11-13(21)10-17(16(19)23)5-8-20(9-6-17)15(22)12-24-14-4-2-3-7-18-14/h2-4,7,13,21H,5-6,8-12H2,1H3. The minimum Gasteiger partial charge on any atom is -0.391 e. The van der Waals surface area contributed by atoms with Gasteiger partial charge in [-0.1, -0.05) is 17.8 Å². The molecular formula is C17H23N3O3S. The highest BCUT2D eigenvalue weighted by molar-refractivity contribution is 7.99. The highest BCUT2D eigenvalue weighted by Crippen LogP contribution is 2.40. The van der Waals surface area contributed by atoms with E-state index >= 15 is 0 Å². The number of piperidine rings is 2. The lowest BCUT2D eigenvalue weighted by atomic mass is 9.71. The number of likely N-dealkylation sites (N-methyl/N-ethyl adjacent to an activating group) is 1. The highest BCUT2D eigenvalue weighted by atomic mass is 32.2. The number of carbonyl (C=O) groups excluding carboxylic acids is 2. The lowest BCUT2D eigenvalue weighted by Crippen LogP contribution is -2.57. The Bertz CT molecular complexity index is 602. The molecule has 3 heterocycles. The van der Waals surface area contributed by atoms with Crippen LogP contribution in [0.1, 0.15) is 19.3 Å². The third-order valence-corrected chi connectivity index (χ3v) is 5.89. The Labute approximate surface area is 146 Å². The highest BCUT2D eigenvalue weighted by Gasteiger charge is 2.47. The second kappa shape index (κ2) is 7.11. The number of thioether (sulfide) groups is 1. The van der Waals surface area contributed by atoms with Gasteiger partial charge in [-0.3, -0.25) is 9.59 Å². The Morgan fingerprint density at radius 3 is 2.83 bits per heavy atom. The third kappa shape index (κ3) is 3.57. The number of carbonyl (C=O) groups is 2. The first kappa shape index (κ1) is 17.2. The van der Waals surface area contributed by atoms with E-state index in [0.29, 0.717) is 44.6 Å². The van der Waals surface area contributed by atoms with E-state index in [4.69, 9.17) is 0 Å². The predicted octanol–water partition coefficient (Wildman–Crippen LogP) is 1.01. The van der Waals surface area contributed by atoms with Gasteiger partial charge in [-0.15, -0.1) is 0 Å². The van der Waals surface area contributed by atoms with Gasteiger partial charge in [0.15, 0.2) is 0 Å². The number of hydrogen-bond donors (Lipinski definition) is 1. The molecule has 1 unspecified atom stereocenters. The second-order valence-corrected chi connectivity index (χ2v) is 7.66. The van der Waals surface area contributed by atoms with Crippen LogP contribution in [0.3, 0.4) is 0 Å². The molecule has 2 aliphatic heterocycles. The summed E-state index contributed by atoms with van der Waals surface area (Å²) in [4.78, 5) is 32.6. The molecule has 2 aliphatic rings. The van der Waals surface area contributed by atoms with Gasteiger partial charge in [0.2, 0.25) is 11.8 Å². The molecular weight excluding hydrogens is 326 g/mol. The smallest absolute Gasteiger partial charge is 0.232 e. The normalized spacial score (nSPS) is 23.6. The number of amides is 2. The molecule has 1 atom stereocenters. The molecule has 3 rings (SSSR count). The molecule has 6 nitrogen and oxygen atoms in total. The van der Waals surface area contributed by atoms with E-state index in [9.17, 15) is 14.7 Å². The van der Waals surface area contributed by atoms with Gasteiger partial charge in [0, 0.05) is 32.9 Å². The Balaban J connectivity index is 1.54. The number of aliphatic hydroxyl groups excluding tert-OH is 1. The number of pyridine rings is 1. The van der Waals surface area contributed by atoms with Gasteiger partial charge >= 0.3 is 0 Å². The lowest BCUT2D eigenvalue weighted by Gasteiger charge is -2.46. The molecule has 1 aromatic rings. The summed E-state index contributed by atoms with van der Waals surface area (Å²) in [5.74, 6) is 0.556. The van der Waals surface area contributed by atoms with E-state index in [1.54, 1.807) is 18.1 Å². The van der Waals surface area contributed by atoms with Crippen molar-refractivity contribution < 1.29 is 14.7 Å². The molecule has 24 heavy (non-hydrogen) atoms. The Hall–Kier alpha value is -1.60. The van der Waals surface area contributed by atoms with E-state index in [-0.39, 0.29) is 11.8 Å². The van der Waals surface area contributed by atoms with Crippen molar-refractivity contribution >= 4 is 23.6 Å². The van der Waals surface area contributed by atoms with Crippen LogP contribution in [0.25, 0.3) is 0 Å². The molecule has 0 bridgehead atoms. The predicted molar refractivity (Wildman–Crippen MR) is 91.5 cm³/mol. The minimum absolute atomic E-state index is 0.0812. The first-order valence-electron chi connectivity index (χ1n) is 8.25. The van der Waals surface area contributed by atoms with Crippen LogP contribution in [0.15, 0.2) is 29.4 Å². The fraction of sp³-hybridized carbons (Fsp3) is 0.588. The maximum absolute atomic E-state index is 12.5. The van der Waals surface area contributed by atoms with Gasteiger partial charge in [0.25, 0.3) is 0 Å². The minimum atomic E-state index is -0.489. The molecule has 0 saturated carbocycles. The van der Waals surface area contributed by atoms with Crippen molar-refractivity contribution in [1.29, 1.82) is 0 Å². The summed E-state index contributed by atoms with van der Waals surface area (Å²) < 4.78 is 0. The largest absolute Gasteiger partial charge is 0.391 e. The van der Waals surface area contributed by atoms with Crippen LogP contribution in [0.4, 0.5) is 0 Å². The van der Waals surface area contributed by atoms with Crippen LogP contribution >= 0.6 is 11.8 Å². The van der Waals surface area contributed by atoms with Crippen molar-refractivity contribution in [2.24, 2.45) is 5.41 Å². The van der Waals surface area contributed by atoms with Gasteiger partial charge < -0.3 is 14.9 Å². The Kier molecular flexibility index (Phi) is 5.10. The van der Waals surface area contributed by atoms with Crippen molar-refractivity contribution in [3.63, 3.8) is 0 Å². The van der Waals surface area contributed by atoms with E-state index in [1.165, 1.54) is 11.8 Å². The zero-order chi connectivity index (χ0) is 17.2. The van der Waals surface area contributed by atoms with Gasteiger partial charge in [0.1, 0.15) is 0 Å². The van der Waals surface area contributed by atoms with Crippen LogP contribution < -0.4 is 0 Å². The zero-order valence-electron chi connectivity index (χ0n) is 13.9. The molecule has 7 heteroatoms. The average Bonchev–Trinajstić information content (AvgIpc) is 2.59. The van der Waals surface area contributed by atoms with Gasteiger partial charge in [-0.05, 0) is 31.4 Å². The van der Waals surface area contributed by atoms with E-state index in [1.807, 2.05) is 23.1 Å². The number of hydrogen-bond acceptors (Lipinski definition) is 5. The van der Waals surface area contributed by atoms with Crippen molar-refractivity contribution in [2.75, 3.05) is 32.4 Å². The molecule has 2 amide bonds. The average molecular weight is 349 g/mol. The zero-order valence-corrected chi connectivity index (χ0v) is 14.7. The van der Waals surface area contributed by atoms with Crippen molar-refractivity contribution in [3.8, 4) is 0 Å². The van der Waals surface area contributed by atoms with Crippen LogP contribution in [-0.2, 0) is 9.59 Å². The Morgan fingerprint density at radius 2 is 2.17 bits per heavy atom. The maximum Gasteiger partial charge on any atom is 0.232 e. The summed E-state index contributed by atoms with van der Waals surface area (Å²) in [5, 5.41) is 10.9. The van der Waals surface area contributed by atoms with Crippen molar-refractivity contribution in [2.45, 2.75) is 30.4 Å². The molecule has 0 aromatic carbocycles.